The van der Waals surface area contributed by atoms with Crippen molar-refractivity contribution in [1.82, 2.24) is 19.9 Å². The SMILES string of the molecule is Cc1nc2ccc(-c3ccc4c(c3)CN(c3ncnc5cc(C(F)(F)F)ccc35)CCO4)cc2[nH]1. The van der Waals surface area contributed by atoms with Gasteiger partial charge in [0.25, 0.3) is 0 Å². The fourth-order valence-corrected chi connectivity index (χ4v) is 4.54. The van der Waals surface area contributed by atoms with E-state index < -0.39 is 11.7 Å². The number of anilines is 1. The van der Waals surface area contributed by atoms with Crippen molar-refractivity contribution >= 4 is 27.8 Å². The number of benzene rings is 3. The maximum atomic E-state index is 13.2. The highest BCUT2D eigenvalue weighted by Crippen LogP contribution is 2.35. The summed E-state index contributed by atoms with van der Waals surface area (Å²) in [5.74, 6) is 2.23. The first-order valence-corrected chi connectivity index (χ1v) is 11.1. The van der Waals surface area contributed by atoms with Crippen LogP contribution in [-0.4, -0.2) is 33.1 Å². The van der Waals surface area contributed by atoms with Crippen LogP contribution in [0.25, 0.3) is 33.1 Å². The number of hydrogen-bond acceptors (Lipinski definition) is 5. The molecule has 2 aromatic heterocycles. The Balaban J connectivity index is 1.37. The lowest BCUT2D eigenvalue weighted by Crippen LogP contribution is -2.26. The molecule has 0 aliphatic carbocycles. The number of aromatic amines is 1. The van der Waals surface area contributed by atoms with E-state index in [1.54, 1.807) is 0 Å². The molecule has 0 amide bonds. The zero-order valence-electron chi connectivity index (χ0n) is 18.7. The van der Waals surface area contributed by atoms with Crippen LogP contribution >= 0.6 is 0 Å². The molecule has 3 heterocycles. The van der Waals surface area contributed by atoms with Crippen LogP contribution in [0, 0.1) is 6.92 Å². The van der Waals surface area contributed by atoms with Gasteiger partial charge in [0.2, 0.25) is 0 Å². The average Bonchev–Trinajstić information content (AvgIpc) is 3.08. The molecule has 0 unspecified atom stereocenters. The van der Waals surface area contributed by atoms with Gasteiger partial charge >= 0.3 is 6.18 Å². The van der Waals surface area contributed by atoms with Crippen molar-refractivity contribution in [2.24, 2.45) is 0 Å². The van der Waals surface area contributed by atoms with Crippen LogP contribution < -0.4 is 9.64 Å². The minimum absolute atomic E-state index is 0.257. The van der Waals surface area contributed by atoms with Crippen molar-refractivity contribution < 1.29 is 17.9 Å². The standard InChI is InChI=1S/C26H20F3N5O/c1-15-32-21-6-2-17(11-23(21)33-15)16-3-7-24-18(10-16)13-34(8-9-35-24)25-20-5-4-19(26(27,28)29)12-22(20)30-14-31-25/h2-7,10-12,14H,8-9,13H2,1H3,(H,32,33). The van der Waals surface area contributed by atoms with Gasteiger partial charge in [0, 0.05) is 17.5 Å². The summed E-state index contributed by atoms with van der Waals surface area (Å²) in [6, 6.07) is 15.8. The molecule has 5 aromatic rings. The Labute approximate surface area is 198 Å². The highest BCUT2D eigenvalue weighted by atomic mass is 19.4. The number of H-pyrrole nitrogens is 1. The number of hydrogen-bond donors (Lipinski definition) is 1. The van der Waals surface area contributed by atoms with Crippen molar-refractivity contribution in [2.45, 2.75) is 19.6 Å². The van der Waals surface area contributed by atoms with E-state index in [1.165, 1.54) is 12.4 Å². The molecule has 1 aliphatic heterocycles. The molecule has 6 nitrogen and oxygen atoms in total. The van der Waals surface area contributed by atoms with Crippen LogP contribution in [0.15, 0.2) is 60.9 Å². The first-order chi connectivity index (χ1) is 16.8. The Morgan fingerprint density at radius 3 is 2.63 bits per heavy atom. The number of halogens is 3. The van der Waals surface area contributed by atoms with E-state index in [-0.39, 0.29) is 5.52 Å². The van der Waals surface area contributed by atoms with Gasteiger partial charge in [-0.25, -0.2) is 15.0 Å². The lowest BCUT2D eigenvalue weighted by molar-refractivity contribution is -0.137. The first-order valence-electron chi connectivity index (χ1n) is 11.1. The summed E-state index contributed by atoms with van der Waals surface area (Å²) in [6.07, 6.45) is -3.12. The smallest absolute Gasteiger partial charge is 0.416 e. The van der Waals surface area contributed by atoms with Crippen molar-refractivity contribution in [3.8, 4) is 16.9 Å². The van der Waals surface area contributed by atoms with Gasteiger partial charge in [0.15, 0.2) is 0 Å². The molecule has 0 spiro atoms. The van der Waals surface area contributed by atoms with Crippen molar-refractivity contribution in [1.29, 1.82) is 0 Å². The molecule has 0 radical (unpaired) electrons. The third kappa shape index (κ3) is 3.92. The zero-order valence-corrected chi connectivity index (χ0v) is 18.7. The van der Waals surface area contributed by atoms with Gasteiger partial charge < -0.3 is 14.6 Å². The summed E-state index contributed by atoms with van der Waals surface area (Å²) < 4.78 is 45.5. The number of nitrogens with zero attached hydrogens (tertiary/aromatic N) is 4. The molecular weight excluding hydrogens is 455 g/mol. The van der Waals surface area contributed by atoms with E-state index in [1.807, 2.05) is 36.1 Å². The molecule has 0 fully saturated rings. The van der Waals surface area contributed by atoms with E-state index in [0.717, 1.165) is 51.4 Å². The molecule has 35 heavy (non-hydrogen) atoms. The summed E-state index contributed by atoms with van der Waals surface area (Å²) >= 11 is 0. The minimum Gasteiger partial charge on any atom is -0.491 e. The second kappa shape index (κ2) is 7.97. The van der Waals surface area contributed by atoms with E-state index >= 15 is 0 Å². The molecular formula is C26H20F3N5O. The van der Waals surface area contributed by atoms with Gasteiger partial charge in [-0.1, -0.05) is 12.1 Å². The molecule has 9 heteroatoms. The second-order valence-electron chi connectivity index (χ2n) is 8.57. The molecule has 0 saturated heterocycles. The van der Waals surface area contributed by atoms with Crippen molar-refractivity contribution in [3.05, 3.63) is 77.9 Å². The normalized spacial score (nSPS) is 14.1. The predicted molar refractivity (Wildman–Crippen MR) is 127 cm³/mol. The lowest BCUT2D eigenvalue weighted by atomic mass is 10.0. The topological polar surface area (TPSA) is 66.9 Å². The van der Waals surface area contributed by atoms with E-state index in [4.69, 9.17) is 4.74 Å². The Kier molecular flexibility index (Phi) is 4.87. The summed E-state index contributed by atoms with van der Waals surface area (Å²) in [5.41, 5.74) is 4.47. The van der Waals surface area contributed by atoms with Gasteiger partial charge in [-0.15, -0.1) is 0 Å². The molecule has 176 valence electrons. The van der Waals surface area contributed by atoms with E-state index in [9.17, 15) is 13.2 Å². The highest BCUT2D eigenvalue weighted by Gasteiger charge is 2.31. The molecule has 1 N–H and O–H groups in total. The van der Waals surface area contributed by atoms with Gasteiger partial charge in [-0.05, 0) is 60.5 Å². The van der Waals surface area contributed by atoms with Gasteiger partial charge in [0.1, 0.15) is 30.3 Å². The van der Waals surface area contributed by atoms with Crippen LogP contribution in [0.1, 0.15) is 17.0 Å². The number of rotatable bonds is 2. The van der Waals surface area contributed by atoms with Gasteiger partial charge in [-0.3, -0.25) is 0 Å². The Bertz CT molecular complexity index is 1580. The third-order valence-electron chi connectivity index (χ3n) is 6.22. The fraction of sp³-hybridized carbons (Fsp3) is 0.192. The second-order valence-corrected chi connectivity index (χ2v) is 8.57. The summed E-state index contributed by atoms with van der Waals surface area (Å²) in [4.78, 5) is 18.3. The van der Waals surface area contributed by atoms with Gasteiger partial charge in [-0.2, -0.15) is 13.2 Å². The minimum atomic E-state index is -4.43. The molecule has 0 atom stereocenters. The number of fused-ring (bicyclic) bond motifs is 3. The number of aryl methyl sites for hydroxylation is 1. The maximum absolute atomic E-state index is 13.2. The number of alkyl halides is 3. The number of aromatic nitrogens is 4. The number of ether oxygens (including phenoxy) is 1. The molecule has 3 aromatic carbocycles. The van der Waals surface area contributed by atoms with E-state index in [0.29, 0.717) is 30.9 Å². The Hall–Kier alpha value is -4.14. The van der Waals surface area contributed by atoms with Gasteiger partial charge in [0.05, 0.1) is 28.7 Å². The summed E-state index contributed by atoms with van der Waals surface area (Å²) in [6.45, 7) is 3.39. The average molecular weight is 475 g/mol. The number of imidazole rings is 1. The Morgan fingerprint density at radius 2 is 1.77 bits per heavy atom. The van der Waals surface area contributed by atoms with Crippen molar-refractivity contribution in [2.75, 3.05) is 18.1 Å². The zero-order chi connectivity index (χ0) is 24.2. The van der Waals surface area contributed by atoms with Crippen LogP contribution in [0.5, 0.6) is 5.75 Å². The molecule has 1 aliphatic rings. The van der Waals surface area contributed by atoms with E-state index in [2.05, 4.69) is 32.1 Å². The van der Waals surface area contributed by atoms with Crippen LogP contribution in [0.3, 0.4) is 0 Å². The molecule has 0 saturated carbocycles. The monoisotopic (exact) mass is 475 g/mol. The summed E-state index contributed by atoms with van der Waals surface area (Å²) in [5, 5.41) is 0.570. The summed E-state index contributed by atoms with van der Waals surface area (Å²) in [7, 11) is 0. The Morgan fingerprint density at radius 1 is 0.943 bits per heavy atom. The third-order valence-corrected chi connectivity index (χ3v) is 6.22. The fourth-order valence-electron chi connectivity index (χ4n) is 4.54. The predicted octanol–water partition coefficient (Wildman–Crippen LogP) is 5.90. The first kappa shape index (κ1) is 21.4. The molecule has 6 rings (SSSR count). The quantitative estimate of drug-likeness (QED) is 0.344. The number of nitrogens with one attached hydrogen (secondary N) is 1. The van der Waals surface area contributed by atoms with Crippen LogP contribution in [0.2, 0.25) is 0 Å². The van der Waals surface area contributed by atoms with Crippen molar-refractivity contribution in [3.63, 3.8) is 0 Å². The highest BCUT2D eigenvalue weighted by molar-refractivity contribution is 5.90. The maximum Gasteiger partial charge on any atom is 0.416 e. The lowest BCUT2D eigenvalue weighted by Gasteiger charge is -2.22. The van der Waals surface area contributed by atoms with Crippen LogP contribution in [0.4, 0.5) is 19.0 Å². The largest absolute Gasteiger partial charge is 0.491 e. The molecule has 0 bridgehead atoms. The van der Waals surface area contributed by atoms with Crippen LogP contribution in [-0.2, 0) is 12.7 Å².